The molecule has 2 aromatic rings. The first-order chi connectivity index (χ1) is 9.90. The van der Waals surface area contributed by atoms with Crippen molar-refractivity contribution >= 4 is 10.0 Å². The molecule has 0 spiro atoms. The number of furan rings is 1. The molecule has 0 bridgehead atoms. The summed E-state index contributed by atoms with van der Waals surface area (Å²) in [5, 5.41) is 0. The van der Waals surface area contributed by atoms with Crippen LogP contribution in [0.2, 0.25) is 0 Å². The molecule has 1 heterocycles. The Bertz CT molecular complexity index is 667. The maximum absolute atomic E-state index is 12.8. The van der Waals surface area contributed by atoms with E-state index in [1.54, 1.807) is 18.4 Å². The molecule has 1 N–H and O–H groups in total. The van der Waals surface area contributed by atoms with Crippen molar-refractivity contribution in [1.29, 1.82) is 0 Å². The fourth-order valence-electron chi connectivity index (χ4n) is 1.90. The van der Waals surface area contributed by atoms with E-state index in [1.165, 1.54) is 12.1 Å². The molecule has 1 aromatic heterocycles. The molecular formula is C14H17FN2O3S. The van der Waals surface area contributed by atoms with Crippen molar-refractivity contribution in [3.05, 3.63) is 54.2 Å². The van der Waals surface area contributed by atoms with Gasteiger partial charge in [0.05, 0.1) is 17.2 Å². The lowest BCUT2D eigenvalue weighted by molar-refractivity contribution is 0.259. The summed E-state index contributed by atoms with van der Waals surface area (Å²) >= 11 is 0. The van der Waals surface area contributed by atoms with Gasteiger partial charge in [0.25, 0.3) is 0 Å². The molecule has 0 saturated heterocycles. The minimum atomic E-state index is -3.68. The topological polar surface area (TPSA) is 62.6 Å². The van der Waals surface area contributed by atoms with Gasteiger partial charge in [0, 0.05) is 6.54 Å². The first-order valence-corrected chi connectivity index (χ1v) is 7.83. The summed E-state index contributed by atoms with van der Waals surface area (Å²) in [6.07, 6.45) is 1.54. The highest BCUT2D eigenvalue weighted by Gasteiger charge is 2.21. The van der Waals surface area contributed by atoms with E-state index < -0.39 is 15.8 Å². The third kappa shape index (κ3) is 3.90. The summed E-state index contributed by atoms with van der Waals surface area (Å²) in [6, 6.07) is 8.01. The number of benzene rings is 1. The molecule has 2 rings (SSSR count). The molecule has 0 aliphatic carbocycles. The van der Waals surface area contributed by atoms with Crippen LogP contribution < -0.4 is 4.72 Å². The monoisotopic (exact) mass is 312 g/mol. The zero-order chi connectivity index (χ0) is 15.5. The molecule has 0 aliphatic heterocycles. The SMILES string of the molecule is CN(C)C(CNS(=O)(=O)c1ccc(F)cc1)c1ccco1. The van der Waals surface area contributed by atoms with Gasteiger partial charge in [0.15, 0.2) is 0 Å². The largest absolute Gasteiger partial charge is 0.468 e. The second kappa shape index (κ2) is 6.38. The number of nitrogens with zero attached hydrogens (tertiary/aromatic N) is 1. The first kappa shape index (κ1) is 15.7. The van der Waals surface area contributed by atoms with Gasteiger partial charge < -0.3 is 4.42 Å². The van der Waals surface area contributed by atoms with Crippen molar-refractivity contribution in [2.75, 3.05) is 20.6 Å². The van der Waals surface area contributed by atoms with Gasteiger partial charge >= 0.3 is 0 Å². The zero-order valence-electron chi connectivity index (χ0n) is 11.8. The molecule has 0 saturated carbocycles. The van der Waals surface area contributed by atoms with Gasteiger partial charge in [-0.25, -0.2) is 17.5 Å². The van der Waals surface area contributed by atoms with Crippen molar-refractivity contribution in [2.24, 2.45) is 0 Å². The van der Waals surface area contributed by atoms with Crippen LogP contribution in [0.15, 0.2) is 52.0 Å². The van der Waals surface area contributed by atoms with Gasteiger partial charge in [-0.2, -0.15) is 0 Å². The fourth-order valence-corrected chi connectivity index (χ4v) is 2.94. The average molecular weight is 312 g/mol. The highest BCUT2D eigenvalue weighted by Crippen LogP contribution is 2.19. The van der Waals surface area contributed by atoms with E-state index >= 15 is 0 Å². The fraction of sp³-hybridized carbons (Fsp3) is 0.286. The molecule has 114 valence electrons. The molecule has 0 amide bonds. The first-order valence-electron chi connectivity index (χ1n) is 6.35. The van der Waals surface area contributed by atoms with Crippen LogP contribution >= 0.6 is 0 Å². The second-order valence-electron chi connectivity index (χ2n) is 4.80. The Hall–Kier alpha value is -1.70. The maximum Gasteiger partial charge on any atom is 0.240 e. The number of hydrogen-bond acceptors (Lipinski definition) is 4. The van der Waals surface area contributed by atoms with E-state index in [4.69, 9.17) is 4.42 Å². The van der Waals surface area contributed by atoms with Gasteiger partial charge in [-0.3, -0.25) is 4.90 Å². The summed E-state index contributed by atoms with van der Waals surface area (Å²) in [6.45, 7) is 0.153. The lowest BCUT2D eigenvalue weighted by Crippen LogP contribution is -2.34. The number of hydrogen-bond donors (Lipinski definition) is 1. The molecule has 21 heavy (non-hydrogen) atoms. The van der Waals surface area contributed by atoms with Gasteiger partial charge in [-0.15, -0.1) is 0 Å². The lowest BCUT2D eigenvalue weighted by atomic mass is 10.2. The number of sulfonamides is 1. The predicted octanol–water partition coefficient (Wildman–Crippen LogP) is 2.00. The number of halogens is 1. The third-order valence-corrected chi connectivity index (χ3v) is 4.53. The van der Waals surface area contributed by atoms with E-state index in [1.807, 2.05) is 19.0 Å². The van der Waals surface area contributed by atoms with Crippen LogP contribution in [0.5, 0.6) is 0 Å². The van der Waals surface area contributed by atoms with Crippen LogP contribution in [0.3, 0.4) is 0 Å². The van der Waals surface area contributed by atoms with Gasteiger partial charge in [-0.05, 0) is 50.5 Å². The molecule has 0 aliphatic rings. The van der Waals surface area contributed by atoms with Crippen LogP contribution in [0, 0.1) is 5.82 Å². The Morgan fingerprint density at radius 1 is 1.24 bits per heavy atom. The Kier molecular flexibility index (Phi) is 4.76. The molecule has 7 heteroatoms. The Labute approximate surface area is 123 Å². The predicted molar refractivity (Wildman–Crippen MR) is 76.7 cm³/mol. The average Bonchev–Trinajstić information content (AvgIpc) is 2.93. The zero-order valence-corrected chi connectivity index (χ0v) is 12.6. The molecule has 1 unspecified atom stereocenters. The normalized spacial score (nSPS) is 13.5. The number of likely N-dealkylation sites (N-methyl/N-ethyl adjacent to an activating group) is 1. The van der Waals surface area contributed by atoms with Crippen molar-refractivity contribution < 1.29 is 17.2 Å². The quantitative estimate of drug-likeness (QED) is 0.886. The highest BCUT2D eigenvalue weighted by molar-refractivity contribution is 7.89. The summed E-state index contributed by atoms with van der Waals surface area (Å²) < 4.78 is 45.0. The standard InChI is InChI=1S/C14H17FN2O3S/c1-17(2)13(14-4-3-9-20-14)10-16-21(18,19)12-7-5-11(15)6-8-12/h3-9,13,16H,10H2,1-2H3. The van der Waals surface area contributed by atoms with Gasteiger partial charge in [-0.1, -0.05) is 0 Å². The maximum atomic E-state index is 12.8. The molecule has 0 fully saturated rings. The van der Waals surface area contributed by atoms with E-state index in [0.717, 1.165) is 12.1 Å². The van der Waals surface area contributed by atoms with Crippen molar-refractivity contribution in [3.63, 3.8) is 0 Å². The minimum Gasteiger partial charge on any atom is -0.468 e. The second-order valence-corrected chi connectivity index (χ2v) is 6.57. The molecule has 5 nitrogen and oxygen atoms in total. The van der Waals surface area contributed by atoms with Crippen LogP contribution in [-0.2, 0) is 10.0 Å². The summed E-state index contributed by atoms with van der Waals surface area (Å²) in [7, 11) is -0.0163. The van der Waals surface area contributed by atoms with Crippen LogP contribution in [0.1, 0.15) is 11.8 Å². The summed E-state index contributed by atoms with van der Waals surface area (Å²) in [4.78, 5) is 1.88. The number of nitrogens with one attached hydrogen (secondary N) is 1. The summed E-state index contributed by atoms with van der Waals surface area (Å²) in [5.74, 6) is 0.192. The summed E-state index contributed by atoms with van der Waals surface area (Å²) in [5.41, 5.74) is 0. The van der Waals surface area contributed by atoms with Crippen molar-refractivity contribution in [1.82, 2.24) is 9.62 Å². The van der Waals surface area contributed by atoms with Gasteiger partial charge in [0.2, 0.25) is 10.0 Å². The van der Waals surface area contributed by atoms with E-state index in [2.05, 4.69) is 4.72 Å². The van der Waals surface area contributed by atoms with Crippen LogP contribution in [0.25, 0.3) is 0 Å². The smallest absolute Gasteiger partial charge is 0.240 e. The van der Waals surface area contributed by atoms with Crippen LogP contribution in [-0.4, -0.2) is 34.0 Å². The van der Waals surface area contributed by atoms with E-state index in [-0.39, 0.29) is 17.5 Å². The third-order valence-electron chi connectivity index (χ3n) is 3.09. The molecular weight excluding hydrogens is 295 g/mol. The lowest BCUT2D eigenvalue weighted by Gasteiger charge is -2.22. The van der Waals surface area contributed by atoms with Crippen molar-refractivity contribution in [3.8, 4) is 0 Å². The Balaban J connectivity index is 2.11. The van der Waals surface area contributed by atoms with E-state index in [0.29, 0.717) is 5.76 Å². The van der Waals surface area contributed by atoms with E-state index in [9.17, 15) is 12.8 Å². The highest BCUT2D eigenvalue weighted by atomic mass is 32.2. The molecule has 1 aromatic carbocycles. The minimum absolute atomic E-state index is 0.0286. The molecule has 0 radical (unpaired) electrons. The Morgan fingerprint density at radius 3 is 2.43 bits per heavy atom. The Morgan fingerprint density at radius 2 is 1.90 bits per heavy atom. The van der Waals surface area contributed by atoms with Gasteiger partial charge in [0.1, 0.15) is 11.6 Å². The van der Waals surface area contributed by atoms with Crippen molar-refractivity contribution in [2.45, 2.75) is 10.9 Å². The van der Waals surface area contributed by atoms with Crippen LogP contribution in [0.4, 0.5) is 4.39 Å². The molecule has 1 atom stereocenters. The number of rotatable bonds is 6.